The number of hydrogen-bond acceptors (Lipinski definition) is 8. The van der Waals surface area contributed by atoms with Crippen LogP contribution in [0.1, 0.15) is 46.6 Å². The van der Waals surface area contributed by atoms with Crippen molar-refractivity contribution in [3.8, 4) is 11.5 Å². The average molecular weight is 968 g/mol. The van der Waals surface area contributed by atoms with Gasteiger partial charge < -0.3 is 9.84 Å². The number of amides is 4. The van der Waals surface area contributed by atoms with Crippen LogP contribution in [-0.4, -0.2) is 45.1 Å². The lowest BCUT2D eigenvalue weighted by atomic mass is 9.49. The Labute approximate surface area is 366 Å². The number of pyridine rings is 1. The Hall–Kier alpha value is -6.03. The van der Waals surface area contributed by atoms with Gasteiger partial charge in [-0.15, -0.1) is 13.2 Å². The second-order valence-corrected chi connectivity index (χ2v) is 16.3. The molecule has 10 nitrogen and oxygen atoms in total. The van der Waals surface area contributed by atoms with E-state index in [0.717, 1.165) is 6.07 Å². The molecule has 0 bridgehead atoms. The summed E-state index contributed by atoms with van der Waals surface area (Å²) in [6.45, 7) is 0. The molecule has 4 amide bonds. The van der Waals surface area contributed by atoms with Crippen molar-refractivity contribution in [2.75, 3.05) is 10.3 Å². The maximum absolute atomic E-state index is 15.3. The molecule has 2 aliphatic heterocycles. The first-order valence-corrected chi connectivity index (χ1v) is 19.5. The van der Waals surface area contributed by atoms with Crippen molar-refractivity contribution in [1.29, 1.82) is 0 Å². The molecule has 3 heterocycles. The van der Waals surface area contributed by atoms with Gasteiger partial charge in [0, 0.05) is 22.7 Å². The summed E-state index contributed by atoms with van der Waals surface area (Å²) in [4.78, 5) is 62.6. The van der Waals surface area contributed by atoms with Gasteiger partial charge in [0.1, 0.15) is 11.5 Å². The Morgan fingerprint density at radius 1 is 0.738 bits per heavy atom. The number of carbonyl (C=O) groups is 4. The van der Waals surface area contributed by atoms with Crippen LogP contribution in [-0.2, 0) is 43.1 Å². The van der Waals surface area contributed by atoms with Crippen LogP contribution in [0.25, 0.3) is 0 Å². The molecule has 6 atom stereocenters. The number of anilines is 2. The standard InChI is InChI=1S/C41H24Cl2F12N4O6/c42-20-3-1-16(2-4-20)37-27(34(62)59(36(37)64)57-32-28(43)12-19(15-56-32)40(50,51)52)14-25-23(31(37)26-13-22(5-8-29(26)60)65-41(53,54)55)6-7-24-30(25)35(63)58(33(24)61)21-10-17(38(44,45)46)9-18(11-21)39(47,48)49/h1-6,8-13,15,24-25,27,30-31,60H,7,14H2,(H,56,57). The van der Waals surface area contributed by atoms with E-state index in [1.165, 1.54) is 30.3 Å². The number of alkyl halides is 12. The van der Waals surface area contributed by atoms with Gasteiger partial charge in [-0.25, -0.2) is 9.88 Å². The highest BCUT2D eigenvalue weighted by molar-refractivity contribution is 6.33. The lowest BCUT2D eigenvalue weighted by Gasteiger charge is -2.50. The number of imide groups is 2. The molecule has 0 spiro atoms. The molecule has 65 heavy (non-hydrogen) atoms. The number of hydrazine groups is 1. The SMILES string of the molecule is O=C1C2CC3C(=CCC4C(=O)N(c5cc(C(F)(F)F)cc(C(F)(F)F)c5)C(=O)C43)C(c3cc(OC(F)(F)F)ccc3O)C2(c2ccc(Cl)cc2)C(=O)N1Nc1ncc(C(F)(F)F)cc1Cl. The monoisotopic (exact) mass is 966 g/mol. The van der Waals surface area contributed by atoms with Crippen molar-refractivity contribution in [3.63, 3.8) is 0 Å². The third-order valence-corrected chi connectivity index (χ3v) is 12.5. The summed E-state index contributed by atoms with van der Waals surface area (Å²) < 4.78 is 169. The first kappa shape index (κ1) is 45.5. The first-order chi connectivity index (χ1) is 30.1. The number of nitrogens with one attached hydrogen (secondary N) is 1. The molecule has 3 aromatic carbocycles. The zero-order chi connectivity index (χ0) is 47.5. The second kappa shape index (κ2) is 15.3. The topological polar surface area (TPSA) is 129 Å². The van der Waals surface area contributed by atoms with E-state index >= 15 is 4.79 Å². The van der Waals surface area contributed by atoms with Gasteiger partial charge in [0.25, 0.3) is 11.8 Å². The largest absolute Gasteiger partial charge is 0.573 e. The summed E-state index contributed by atoms with van der Waals surface area (Å²) in [6, 6.07) is 7.75. The molecule has 2 N–H and O–H groups in total. The Morgan fingerprint density at radius 3 is 1.92 bits per heavy atom. The number of aromatic hydroxyl groups is 1. The normalized spacial score (nSPS) is 24.8. The van der Waals surface area contributed by atoms with Crippen molar-refractivity contribution >= 4 is 58.3 Å². The van der Waals surface area contributed by atoms with Crippen molar-refractivity contribution in [2.24, 2.45) is 23.7 Å². The minimum Gasteiger partial charge on any atom is -0.508 e. The summed E-state index contributed by atoms with van der Waals surface area (Å²) in [5, 5.41) is 11.1. The first-order valence-electron chi connectivity index (χ1n) is 18.7. The predicted molar refractivity (Wildman–Crippen MR) is 201 cm³/mol. The number of phenolic OH excluding ortho intramolecular Hbond substituents is 1. The number of nitrogens with zero attached hydrogens (tertiary/aromatic N) is 3. The highest BCUT2D eigenvalue weighted by atomic mass is 35.5. The zero-order valence-corrected chi connectivity index (χ0v) is 33.4. The highest BCUT2D eigenvalue weighted by Gasteiger charge is 2.71. The molecule has 2 saturated heterocycles. The zero-order valence-electron chi connectivity index (χ0n) is 31.9. The predicted octanol–water partition coefficient (Wildman–Crippen LogP) is 10.2. The molecule has 4 aromatic rings. The van der Waals surface area contributed by atoms with E-state index in [0.29, 0.717) is 29.4 Å². The third-order valence-electron chi connectivity index (χ3n) is 11.9. The number of phenols is 1. The van der Waals surface area contributed by atoms with Crippen LogP contribution in [0.5, 0.6) is 11.5 Å². The lowest BCUT2D eigenvalue weighted by molar-refractivity contribution is -0.274. The van der Waals surface area contributed by atoms with Gasteiger partial charge >= 0.3 is 24.9 Å². The number of hydrogen-bond donors (Lipinski definition) is 2. The van der Waals surface area contributed by atoms with Gasteiger partial charge in [-0.2, -0.15) is 44.5 Å². The van der Waals surface area contributed by atoms with Gasteiger partial charge in [0.15, 0.2) is 5.82 Å². The van der Waals surface area contributed by atoms with Crippen LogP contribution in [0.15, 0.2) is 84.6 Å². The summed E-state index contributed by atoms with van der Waals surface area (Å²) in [6.07, 6.45) is -20.6. The summed E-state index contributed by atoms with van der Waals surface area (Å²) >= 11 is 12.3. The van der Waals surface area contributed by atoms with Crippen molar-refractivity contribution in [3.05, 3.63) is 122 Å². The lowest BCUT2D eigenvalue weighted by Crippen LogP contribution is -2.53. The van der Waals surface area contributed by atoms with Crippen LogP contribution >= 0.6 is 23.2 Å². The maximum Gasteiger partial charge on any atom is 0.573 e. The molecule has 2 aliphatic carbocycles. The highest BCUT2D eigenvalue weighted by Crippen LogP contribution is 2.65. The quantitative estimate of drug-likeness (QED) is 0.111. The van der Waals surface area contributed by atoms with E-state index in [-0.39, 0.29) is 39.3 Å². The Kier molecular flexibility index (Phi) is 10.7. The Morgan fingerprint density at radius 2 is 1.35 bits per heavy atom. The van der Waals surface area contributed by atoms with E-state index < -0.39 is 147 Å². The molecule has 4 aliphatic rings. The van der Waals surface area contributed by atoms with Gasteiger partial charge in [0.05, 0.1) is 50.6 Å². The molecule has 24 heteroatoms. The van der Waals surface area contributed by atoms with Gasteiger partial charge in [-0.1, -0.05) is 47.0 Å². The van der Waals surface area contributed by atoms with Crippen molar-refractivity contribution < 1.29 is 81.7 Å². The molecule has 1 saturated carbocycles. The van der Waals surface area contributed by atoms with Gasteiger partial charge in [-0.3, -0.25) is 24.6 Å². The van der Waals surface area contributed by atoms with Gasteiger partial charge in [-0.05, 0) is 78.9 Å². The van der Waals surface area contributed by atoms with Crippen LogP contribution in [0.2, 0.25) is 10.0 Å². The fourth-order valence-electron chi connectivity index (χ4n) is 9.41. The minimum atomic E-state index is -5.40. The number of ether oxygens (including phenoxy) is 1. The molecular weight excluding hydrogens is 943 g/mol. The van der Waals surface area contributed by atoms with E-state index in [9.17, 15) is 72.2 Å². The maximum atomic E-state index is 15.3. The van der Waals surface area contributed by atoms with E-state index in [2.05, 4.69) is 15.1 Å². The number of halogens is 14. The van der Waals surface area contributed by atoms with Crippen LogP contribution < -0.4 is 15.1 Å². The van der Waals surface area contributed by atoms with E-state index in [1.807, 2.05) is 0 Å². The molecule has 6 unspecified atom stereocenters. The number of rotatable bonds is 6. The van der Waals surface area contributed by atoms with Gasteiger partial charge in [0.2, 0.25) is 11.8 Å². The number of fused-ring (bicyclic) bond motifs is 4. The van der Waals surface area contributed by atoms with Crippen LogP contribution in [0, 0.1) is 23.7 Å². The summed E-state index contributed by atoms with van der Waals surface area (Å²) in [5.41, 5.74) is -6.92. The Bertz CT molecular complexity index is 2670. The molecular formula is C41H24Cl2F12N4O6. The number of benzene rings is 3. The fraction of sp³-hybridized carbons (Fsp3) is 0.293. The molecule has 8 rings (SSSR count). The smallest absolute Gasteiger partial charge is 0.508 e. The fourth-order valence-corrected chi connectivity index (χ4v) is 9.74. The summed E-state index contributed by atoms with van der Waals surface area (Å²) in [7, 11) is 0. The molecule has 1 aromatic heterocycles. The molecule has 342 valence electrons. The van der Waals surface area contributed by atoms with Crippen molar-refractivity contribution in [1.82, 2.24) is 9.99 Å². The van der Waals surface area contributed by atoms with Crippen LogP contribution in [0.3, 0.4) is 0 Å². The third kappa shape index (κ3) is 7.66. The average Bonchev–Trinajstić information content (AvgIpc) is 3.58. The summed E-state index contributed by atoms with van der Waals surface area (Å²) in [5.74, 6) is -15.8. The van der Waals surface area contributed by atoms with E-state index in [1.54, 1.807) is 0 Å². The van der Waals surface area contributed by atoms with E-state index in [4.69, 9.17) is 23.2 Å². The second-order valence-electron chi connectivity index (χ2n) is 15.5. The number of allylic oxidation sites excluding steroid dienone is 2. The Balaban J connectivity index is 1.33. The number of carbonyl (C=O) groups excluding carboxylic acids is 4. The minimum absolute atomic E-state index is 0.0704. The molecule has 0 radical (unpaired) electrons. The molecule has 3 fully saturated rings. The number of aromatic nitrogens is 1. The van der Waals surface area contributed by atoms with Crippen molar-refractivity contribution in [2.45, 2.75) is 49.1 Å². The van der Waals surface area contributed by atoms with Crippen LogP contribution in [0.4, 0.5) is 64.2 Å².